The molecule has 0 amide bonds. The standard InChI is InChI=1S/C34H29N3OS/c1-21-13-16-27(17-14-21)36-22(2)19-26(23(36)3)20-30-33(38)37-32(25-10-5-4-6-11-25)29-18-15-24-9-7-8-12-28(24)31(29)35-34(37)39-30/h4-14,16-17,19-20,32H,15,18H2,1-3H3/b30-20+/t32-/m0/s1. The number of aromatic nitrogens is 2. The van der Waals surface area contributed by atoms with Crippen molar-refractivity contribution in [1.82, 2.24) is 9.13 Å². The lowest BCUT2D eigenvalue weighted by Crippen LogP contribution is -2.38. The fourth-order valence-corrected chi connectivity index (χ4v) is 7.12. The van der Waals surface area contributed by atoms with Crippen LogP contribution in [0.4, 0.5) is 0 Å². The Balaban J connectivity index is 1.43. The van der Waals surface area contributed by atoms with Crippen LogP contribution >= 0.6 is 11.3 Å². The van der Waals surface area contributed by atoms with Crippen LogP contribution in [0.25, 0.3) is 17.5 Å². The number of thiazole rings is 1. The van der Waals surface area contributed by atoms with Gasteiger partial charge in [-0.05, 0) is 80.2 Å². The van der Waals surface area contributed by atoms with Crippen LogP contribution in [0, 0.1) is 20.8 Å². The molecule has 1 aliphatic heterocycles. The van der Waals surface area contributed by atoms with E-state index in [0.717, 1.165) is 51.5 Å². The zero-order valence-corrected chi connectivity index (χ0v) is 23.1. The maximum Gasteiger partial charge on any atom is 0.271 e. The minimum atomic E-state index is -0.145. The summed E-state index contributed by atoms with van der Waals surface area (Å²) >= 11 is 1.49. The molecule has 0 spiro atoms. The molecule has 4 nitrogen and oxygen atoms in total. The van der Waals surface area contributed by atoms with E-state index in [0.29, 0.717) is 4.53 Å². The van der Waals surface area contributed by atoms with Gasteiger partial charge in [0.05, 0.1) is 16.3 Å². The molecule has 0 fully saturated rings. The molecular weight excluding hydrogens is 498 g/mol. The number of aryl methyl sites for hydroxylation is 3. The molecule has 2 aliphatic rings. The van der Waals surface area contributed by atoms with E-state index in [1.165, 1.54) is 33.6 Å². The molecule has 0 N–H and O–H groups in total. The van der Waals surface area contributed by atoms with Crippen molar-refractivity contribution in [1.29, 1.82) is 0 Å². The Bertz CT molecular complexity index is 1950. The first kappa shape index (κ1) is 23.9. The number of rotatable bonds is 3. The van der Waals surface area contributed by atoms with Crippen LogP contribution in [0.15, 0.2) is 100 Å². The summed E-state index contributed by atoms with van der Waals surface area (Å²) in [6.07, 6.45) is 3.91. The molecule has 0 bridgehead atoms. The second kappa shape index (κ2) is 9.21. The third-order valence-corrected chi connectivity index (χ3v) is 9.02. The van der Waals surface area contributed by atoms with Crippen molar-refractivity contribution >= 4 is 23.1 Å². The van der Waals surface area contributed by atoms with Gasteiger partial charge in [0.1, 0.15) is 0 Å². The van der Waals surface area contributed by atoms with Gasteiger partial charge in [-0.3, -0.25) is 9.36 Å². The van der Waals surface area contributed by atoms with Crippen LogP contribution in [0.1, 0.15) is 51.7 Å². The summed E-state index contributed by atoms with van der Waals surface area (Å²) in [5, 5.41) is 0. The largest absolute Gasteiger partial charge is 0.318 e. The number of nitrogens with zero attached hydrogens (tertiary/aromatic N) is 3. The molecule has 3 aromatic carbocycles. The molecule has 192 valence electrons. The van der Waals surface area contributed by atoms with Gasteiger partial charge in [-0.25, -0.2) is 4.99 Å². The molecule has 39 heavy (non-hydrogen) atoms. The van der Waals surface area contributed by atoms with Gasteiger partial charge in [-0.2, -0.15) is 0 Å². The molecule has 2 aromatic heterocycles. The van der Waals surface area contributed by atoms with E-state index in [4.69, 9.17) is 4.99 Å². The van der Waals surface area contributed by atoms with E-state index >= 15 is 0 Å². The first-order valence-corrected chi connectivity index (χ1v) is 14.3. The fraction of sp³-hybridized carbons (Fsp3) is 0.176. The van der Waals surface area contributed by atoms with Gasteiger partial charge in [-0.15, -0.1) is 0 Å². The lowest BCUT2D eigenvalue weighted by Gasteiger charge is -2.30. The summed E-state index contributed by atoms with van der Waals surface area (Å²) in [5.74, 6) is 0. The summed E-state index contributed by atoms with van der Waals surface area (Å²) < 4.78 is 4.90. The Morgan fingerprint density at radius 2 is 1.64 bits per heavy atom. The topological polar surface area (TPSA) is 39.3 Å². The Hall–Kier alpha value is -4.22. The van der Waals surface area contributed by atoms with Crippen molar-refractivity contribution in [2.24, 2.45) is 4.99 Å². The highest BCUT2D eigenvalue weighted by Gasteiger charge is 2.32. The quantitative estimate of drug-likeness (QED) is 0.282. The molecule has 5 aromatic rings. The number of hydrogen-bond acceptors (Lipinski definition) is 3. The molecule has 5 heteroatoms. The van der Waals surface area contributed by atoms with Crippen LogP contribution in [-0.2, 0) is 6.42 Å². The van der Waals surface area contributed by atoms with E-state index in [1.807, 2.05) is 10.6 Å². The Morgan fingerprint density at radius 1 is 0.897 bits per heavy atom. The highest BCUT2D eigenvalue weighted by molar-refractivity contribution is 7.07. The molecule has 0 saturated carbocycles. The SMILES string of the molecule is Cc1ccc(-n2c(C)cc(/C=c3/sc4n(c3=O)[C@@H](c3ccccc3)C3=C(N=4)c4ccccc4CC3)c2C)cc1. The molecule has 0 unspecified atom stereocenters. The van der Waals surface area contributed by atoms with Crippen LogP contribution in [0.3, 0.4) is 0 Å². The van der Waals surface area contributed by atoms with Crippen LogP contribution < -0.4 is 14.9 Å². The van der Waals surface area contributed by atoms with Crippen LogP contribution in [-0.4, -0.2) is 9.13 Å². The van der Waals surface area contributed by atoms with Crippen molar-refractivity contribution in [2.75, 3.05) is 0 Å². The van der Waals surface area contributed by atoms with E-state index in [1.54, 1.807) is 0 Å². The molecule has 0 radical (unpaired) electrons. The van der Waals surface area contributed by atoms with Gasteiger partial charge in [0, 0.05) is 22.6 Å². The number of fused-ring (bicyclic) bond motifs is 3. The zero-order valence-electron chi connectivity index (χ0n) is 22.3. The predicted octanol–water partition coefficient (Wildman–Crippen LogP) is 6.03. The summed E-state index contributed by atoms with van der Waals surface area (Å²) in [6.45, 7) is 6.34. The van der Waals surface area contributed by atoms with Crippen LogP contribution in [0.5, 0.6) is 0 Å². The third-order valence-electron chi connectivity index (χ3n) is 8.04. The predicted molar refractivity (Wildman–Crippen MR) is 159 cm³/mol. The van der Waals surface area contributed by atoms with Crippen molar-refractivity contribution < 1.29 is 0 Å². The maximum atomic E-state index is 14.1. The summed E-state index contributed by atoms with van der Waals surface area (Å²) in [5.41, 5.74) is 11.6. The number of hydrogen-bond donors (Lipinski definition) is 0. The van der Waals surface area contributed by atoms with Crippen LogP contribution in [0.2, 0.25) is 0 Å². The average molecular weight is 528 g/mol. The lowest BCUT2D eigenvalue weighted by atomic mass is 9.83. The average Bonchev–Trinajstić information content (AvgIpc) is 3.42. The van der Waals surface area contributed by atoms with E-state index in [-0.39, 0.29) is 11.6 Å². The Morgan fingerprint density at radius 3 is 2.44 bits per heavy atom. The van der Waals surface area contributed by atoms with E-state index in [2.05, 4.69) is 110 Å². The first-order valence-electron chi connectivity index (χ1n) is 13.4. The van der Waals surface area contributed by atoms with E-state index in [9.17, 15) is 4.79 Å². The van der Waals surface area contributed by atoms with Gasteiger partial charge >= 0.3 is 0 Å². The second-order valence-electron chi connectivity index (χ2n) is 10.5. The smallest absolute Gasteiger partial charge is 0.271 e. The summed E-state index contributed by atoms with van der Waals surface area (Å²) in [4.78, 5) is 20.0. The minimum absolute atomic E-state index is 0.0261. The molecule has 1 atom stereocenters. The molecule has 3 heterocycles. The normalized spacial score (nSPS) is 16.5. The van der Waals surface area contributed by atoms with Gasteiger partial charge in [0.25, 0.3) is 5.56 Å². The highest BCUT2D eigenvalue weighted by atomic mass is 32.1. The monoisotopic (exact) mass is 527 g/mol. The minimum Gasteiger partial charge on any atom is -0.318 e. The summed E-state index contributed by atoms with van der Waals surface area (Å²) in [7, 11) is 0. The third kappa shape index (κ3) is 3.88. The van der Waals surface area contributed by atoms with Crippen molar-refractivity contribution in [3.63, 3.8) is 0 Å². The van der Waals surface area contributed by atoms with Crippen molar-refractivity contribution in [3.05, 3.63) is 149 Å². The van der Waals surface area contributed by atoms with Gasteiger partial charge in [0.2, 0.25) is 0 Å². The Kier molecular flexibility index (Phi) is 5.64. The summed E-state index contributed by atoms with van der Waals surface area (Å²) in [6, 6.07) is 29.6. The molecule has 1 aliphatic carbocycles. The van der Waals surface area contributed by atoms with E-state index < -0.39 is 0 Å². The molecule has 7 rings (SSSR count). The molecular formula is C34H29N3OS. The lowest BCUT2D eigenvalue weighted by molar-refractivity contribution is 0.585. The number of allylic oxidation sites excluding steroid dienone is 1. The van der Waals surface area contributed by atoms with Crippen molar-refractivity contribution in [3.8, 4) is 5.69 Å². The number of benzene rings is 3. The zero-order chi connectivity index (χ0) is 26.7. The van der Waals surface area contributed by atoms with Gasteiger partial charge in [-0.1, -0.05) is 83.6 Å². The molecule has 0 saturated heterocycles. The fourth-order valence-electron chi connectivity index (χ4n) is 6.12. The highest BCUT2D eigenvalue weighted by Crippen LogP contribution is 2.41. The van der Waals surface area contributed by atoms with Gasteiger partial charge < -0.3 is 4.57 Å². The second-order valence-corrected chi connectivity index (χ2v) is 11.5. The first-order chi connectivity index (χ1) is 19.0. The Labute approximate surface area is 231 Å². The maximum absolute atomic E-state index is 14.1. The van der Waals surface area contributed by atoms with Gasteiger partial charge in [0.15, 0.2) is 4.80 Å². The van der Waals surface area contributed by atoms with Crippen molar-refractivity contribution in [2.45, 2.75) is 39.7 Å².